The second-order valence-electron chi connectivity index (χ2n) is 2.79. The number of carboxylic acids is 1. The Hall–Kier alpha value is -1.95. The number of rotatable bonds is 1. The normalized spacial score (nSPS) is 7.87. The molecule has 0 saturated carbocycles. The van der Waals surface area contributed by atoms with Crippen molar-refractivity contribution in [2.45, 2.75) is 20.3 Å². The first-order chi connectivity index (χ1) is 7.06. The van der Waals surface area contributed by atoms with Crippen molar-refractivity contribution in [3.8, 4) is 17.6 Å². The molecule has 3 nitrogen and oxygen atoms in total. The molecule has 15 heavy (non-hydrogen) atoms. The number of aliphatic carboxylic acids is 1. The number of benzene rings is 1. The Morgan fingerprint density at radius 2 is 1.80 bits per heavy atom. The van der Waals surface area contributed by atoms with Crippen LogP contribution in [0.1, 0.15) is 19.4 Å². The molecule has 80 valence electrons. The summed E-state index contributed by atoms with van der Waals surface area (Å²) in [6.07, 6.45) is 0.761. The van der Waals surface area contributed by atoms with E-state index in [1.54, 1.807) is 12.1 Å². The number of phenols is 1. The zero-order valence-electron chi connectivity index (χ0n) is 8.82. The summed E-state index contributed by atoms with van der Waals surface area (Å²) in [6, 6.07) is 7.10. The molecule has 0 aliphatic rings. The fourth-order valence-electron chi connectivity index (χ4n) is 0.804. The first-order valence-corrected chi connectivity index (χ1v) is 4.43. The molecule has 0 bridgehead atoms. The van der Waals surface area contributed by atoms with E-state index in [1.807, 2.05) is 19.1 Å². The van der Waals surface area contributed by atoms with Gasteiger partial charge in [-0.25, -0.2) is 0 Å². The van der Waals surface area contributed by atoms with Crippen LogP contribution >= 0.6 is 0 Å². The molecule has 1 aromatic rings. The number of carbonyl (C=O) groups is 1. The van der Waals surface area contributed by atoms with E-state index >= 15 is 0 Å². The fourth-order valence-corrected chi connectivity index (χ4v) is 0.804. The van der Waals surface area contributed by atoms with E-state index in [0.29, 0.717) is 5.75 Å². The lowest BCUT2D eigenvalue weighted by Gasteiger charge is -1.93. The van der Waals surface area contributed by atoms with Gasteiger partial charge in [0.25, 0.3) is 5.97 Å². The highest BCUT2D eigenvalue weighted by atomic mass is 16.4. The van der Waals surface area contributed by atoms with Crippen molar-refractivity contribution in [3.05, 3.63) is 29.8 Å². The van der Waals surface area contributed by atoms with E-state index in [-0.39, 0.29) is 0 Å². The van der Waals surface area contributed by atoms with Gasteiger partial charge in [-0.2, -0.15) is 0 Å². The van der Waals surface area contributed by atoms with E-state index in [4.69, 9.17) is 15.0 Å². The standard InChI is InChI=1S/C10H10O.C2H4O2/c1-2-3-4-9-5-7-10(11)8-6-9;1-2(3)4/h5-8,11H,4H2,1H3;1H3,(H,3,4). The van der Waals surface area contributed by atoms with Crippen LogP contribution in [0.5, 0.6) is 5.75 Å². The topological polar surface area (TPSA) is 57.5 Å². The van der Waals surface area contributed by atoms with E-state index in [9.17, 15) is 0 Å². The van der Waals surface area contributed by atoms with Crippen molar-refractivity contribution in [1.29, 1.82) is 0 Å². The van der Waals surface area contributed by atoms with Crippen molar-refractivity contribution in [1.82, 2.24) is 0 Å². The maximum atomic E-state index is 9.00. The van der Waals surface area contributed by atoms with Crippen LogP contribution in [0.4, 0.5) is 0 Å². The Bertz CT molecular complexity index is 351. The Labute approximate surface area is 89.4 Å². The van der Waals surface area contributed by atoms with Crippen LogP contribution in [-0.2, 0) is 11.2 Å². The van der Waals surface area contributed by atoms with Gasteiger partial charge in [-0.15, -0.1) is 5.92 Å². The molecule has 0 aliphatic carbocycles. The average molecular weight is 206 g/mol. The van der Waals surface area contributed by atoms with Crippen LogP contribution < -0.4 is 0 Å². The smallest absolute Gasteiger partial charge is 0.300 e. The average Bonchev–Trinajstić information content (AvgIpc) is 2.16. The lowest BCUT2D eigenvalue weighted by atomic mass is 10.1. The van der Waals surface area contributed by atoms with Gasteiger partial charge in [-0.1, -0.05) is 18.1 Å². The van der Waals surface area contributed by atoms with Crippen molar-refractivity contribution in [2.75, 3.05) is 0 Å². The van der Waals surface area contributed by atoms with Gasteiger partial charge >= 0.3 is 0 Å². The van der Waals surface area contributed by atoms with Gasteiger partial charge in [0.1, 0.15) is 5.75 Å². The SMILES string of the molecule is CC#CCc1ccc(O)cc1.CC(=O)O. The summed E-state index contributed by atoms with van der Waals surface area (Å²) in [5.41, 5.74) is 1.14. The van der Waals surface area contributed by atoms with Gasteiger partial charge in [0.15, 0.2) is 0 Å². The molecule has 0 atom stereocenters. The minimum atomic E-state index is -0.833. The molecule has 2 N–H and O–H groups in total. The summed E-state index contributed by atoms with van der Waals surface area (Å²) in [4.78, 5) is 9.00. The van der Waals surface area contributed by atoms with Gasteiger partial charge in [-0.3, -0.25) is 4.79 Å². The second kappa shape index (κ2) is 7.45. The highest BCUT2D eigenvalue weighted by molar-refractivity contribution is 5.62. The maximum Gasteiger partial charge on any atom is 0.300 e. The second-order valence-corrected chi connectivity index (χ2v) is 2.79. The third-order valence-electron chi connectivity index (χ3n) is 1.41. The molecule has 1 aromatic carbocycles. The van der Waals surface area contributed by atoms with Crippen molar-refractivity contribution < 1.29 is 15.0 Å². The summed E-state index contributed by atoms with van der Waals surface area (Å²) in [5, 5.41) is 16.4. The van der Waals surface area contributed by atoms with Crippen LogP contribution in [0.2, 0.25) is 0 Å². The van der Waals surface area contributed by atoms with E-state index in [0.717, 1.165) is 18.9 Å². The molecule has 3 heteroatoms. The Balaban J connectivity index is 0.000000423. The van der Waals surface area contributed by atoms with Crippen molar-refractivity contribution in [3.63, 3.8) is 0 Å². The van der Waals surface area contributed by atoms with Gasteiger partial charge < -0.3 is 10.2 Å². The van der Waals surface area contributed by atoms with Gasteiger partial charge in [0.05, 0.1) is 0 Å². The molecule has 0 amide bonds. The largest absolute Gasteiger partial charge is 0.508 e. The number of phenolic OH excluding ortho intramolecular Hbond substituents is 1. The van der Waals surface area contributed by atoms with E-state index in [1.165, 1.54) is 0 Å². The molecule has 0 fully saturated rings. The highest BCUT2D eigenvalue weighted by Crippen LogP contribution is 2.09. The predicted molar refractivity (Wildman–Crippen MR) is 58.6 cm³/mol. The lowest BCUT2D eigenvalue weighted by molar-refractivity contribution is -0.134. The summed E-state index contributed by atoms with van der Waals surface area (Å²) >= 11 is 0. The van der Waals surface area contributed by atoms with Crippen molar-refractivity contribution >= 4 is 5.97 Å². The van der Waals surface area contributed by atoms with Crippen molar-refractivity contribution in [2.24, 2.45) is 0 Å². The Morgan fingerprint density at radius 1 is 1.33 bits per heavy atom. The molecule has 0 radical (unpaired) electrons. The molecular formula is C12H14O3. The van der Waals surface area contributed by atoms with Gasteiger partial charge in [0.2, 0.25) is 0 Å². The molecule has 1 rings (SSSR count). The van der Waals surface area contributed by atoms with E-state index in [2.05, 4.69) is 11.8 Å². The van der Waals surface area contributed by atoms with Crippen LogP contribution in [0, 0.1) is 11.8 Å². The first kappa shape index (κ1) is 13.1. The van der Waals surface area contributed by atoms with Crippen LogP contribution in [0.15, 0.2) is 24.3 Å². The molecule has 0 saturated heterocycles. The fraction of sp³-hybridized carbons (Fsp3) is 0.250. The number of carboxylic acid groups (broad SMARTS) is 1. The number of hydrogen-bond donors (Lipinski definition) is 2. The third-order valence-corrected chi connectivity index (χ3v) is 1.41. The van der Waals surface area contributed by atoms with Crippen LogP contribution in [0.25, 0.3) is 0 Å². The number of aromatic hydroxyl groups is 1. The first-order valence-electron chi connectivity index (χ1n) is 4.43. The van der Waals surface area contributed by atoms with Gasteiger partial charge in [0, 0.05) is 13.3 Å². The van der Waals surface area contributed by atoms with Crippen LogP contribution in [-0.4, -0.2) is 16.2 Å². The van der Waals surface area contributed by atoms with Crippen LogP contribution in [0.3, 0.4) is 0 Å². The summed E-state index contributed by atoms with van der Waals surface area (Å²) < 4.78 is 0. The molecule has 0 unspecified atom stereocenters. The predicted octanol–water partition coefficient (Wildman–Crippen LogP) is 2.05. The Morgan fingerprint density at radius 3 is 2.20 bits per heavy atom. The summed E-state index contributed by atoms with van der Waals surface area (Å²) in [6.45, 7) is 2.90. The summed E-state index contributed by atoms with van der Waals surface area (Å²) in [5.74, 6) is 5.24. The molecule has 0 aromatic heterocycles. The van der Waals surface area contributed by atoms with Gasteiger partial charge in [-0.05, 0) is 24.6 Å². The maximum absolute atomic E-state index is 9.00. The minimum absolute atomic E-state index is 0.304. The quantitative estimate of drug-likeness (QED) is 0.691. The monoisotopic (exact) mass is 206 g/mol. The molecule has 0 spiro atoms. The highest BCUT2D eigenvalue weighted by Gasteiger charge is 1.88. The molecule has 0 aliphatic heterocycles. The third kappa shape index (κ3) is 8.38. The zero-order valence-corrected chi connectivity index (χ0v) is 8.82. The minimum Gasteiger partial charge on any atom is -0.508 e. The molecular weight excluding hydrogens is 192 g/mol. The van der Waals surface area contributed by atoms with E-state index < -0.39 is 5.97 Å². The zero-order chi connectivity index (χ0) is 11.7. The Kier molecular flexibility index (Phi) is 6.48. The molecule has 0 heterocycles. The lowest BCUT2D eigenvalue weighted by Crippen LogP contribution is -1.78. The number of hydrogen-bond acceptors (Lipinski definition) is 2. The summed E-state index contributed by atoms with van der Waals surface area (Å²) in [7, 11) is 0.